The second-order valence-electron chi connectivity index (χ2n) is 4.79. The van der Waals surface area contributed by atoms with E-state index in [0.717, 1.165) is 6.42 Å². The van der Waals surface area contributed by atoms with Crippen molar-refractivity contribution in [3.63, 3.8) is 0 Å². The Hall–Kier alpha value is -1.23. The molecule has 1 aliphatic rings. The van der Waals surface area contributed by atoms with Gasteiger partial charge < -0.3 is 4.74 Å². The van der Waals surface area contributed by atoms with Crippen LogP contribution < -0.4 is 5.69 Å². The predicted octanol–water partition coefficient (Wildman–Crippen LogP) is 1.53. The van der Waals surface area contributed by atoms with Crippen molar-refractivity contribution < 1.29 is 4.74 Å². The molecule has 1 aromatic rings. The molecule has 0 bridgehead atoms. The largest absolute Gasteiger partial charge is 0.354 e. The van der Waals surface area contributed by atoms with Crippen LogP contribution in [0, 0.1) is 18.8 Å². The molecule has 0 spiro atoms. The molecule has 0 saturated carbocycles. The molecule has 1 saturated heterocycles. The van der Waals surface area contributed by atoms with E-state index in [1.165, 1.54) is 10.9 Å². The van der Waals surface area contributed by atoms with Crippen molar-refractivity contribution in [3.8, 4) is 0 Å². The van der Waals surface area contributed by atoms with Crippen LogP contribution >= 0.6 is 0 Å². The van der Waals surface area contributed by atoms with Crippen molar-refractivity contribution in [2.45, 2.75) is 46.4 Å². The normalized spacial score (nSPS) is 32.9. The van der Waals surface area contributed by atoms with Gasteiger partial charge in [-0.2, -0.15) is 4.98 Å². The van der Waals surface area contributed by atoms with E-state index in [1.807, 2.05) is 0 Å². The third-order valence-corrected chi connectivity index (χ3v) is 3.70. The summed E-state index contributed by atoms with van der Waals surface area (Å²) in [7, 11) is 0. The lowest BCUT2D eigenvalue weighted by atomic mass is 9.92. The molecule has 5 heteroatoms. The van der Waals surface area contributed by atoms with Gasteiger partial charge in [0, 0.05) is 5.92 Å². The van der Waals surface area contributed by atoms with Gasteiger partial charge in [-0.05, 0) is 19.3 Å². The fourth-order valence-corrected chi connectivity index (χ4v) is 2.41. The van der Waals surface area contributed by atoms with Crippen LogP contribution in [0.4, 0.5) is 0 Å². The minimum atomic E-state index is -0.279. The van der Waals surface area contributed by atoms with E-state index in [2.05, 4.69) is 30.7 Å². The standard InChI is InChI=1S/C12H19N3O2/c1-5-10-7(2)8(3)11(17-10)15-6-13-9(4)14-12(15)16/h6-8,10-11H,5H2,1-4H3/t7-,8?,10-,11-/m1/s1. The minimum absolute atomic E-state index is 0.211. The van der Waals surface area contributed by atoms with Gasteiger partial charge in [-0.15, -0.1) is 0 Å². The Bertz CT molecular complexity index is 457. The van der Waals surface area contributed by atoms with E-state index in [1.54, 1.807) is 6.92 Å². The summed E-state index contributed by atoms with van der Waals surface area (Å²) in [5, 5.41) is 0. The summed E-state index contributed by atoms with van der Waals surface area (Å²) in [6, 6.07) is 0. The van der Waals surface area contributed by atoms with Crippen LogP contribution in [0.15, 0.2) is 11.1 Å². The summed E-state index contributed by atoms with van der Waals surface area (Å²) < 4.78 is 7.43. The molecule has 0 aromatic carbocycles. The monoisotopic (exact) mass is 237 g/mol. The maximum atomic E-state index is 11.8. The summed E-state index contributed by atoms with van der Waals surface area (Å²) in [5.41, 5.74) is -0.279. The highest BCUT2D eigenvalue weighted by Gasteiger charge is 2.39. The first-order chi connectivity index (χ1) is 8.04. The SMILES string of the molecule is CC[C@H]1O[C@@H](n2cnc(C)nc2=O)C(C)[C@H]1C. The van der Waals surface area contributed by atoms with Crippen LogP contribution in [0.3, 0.4) is 0 Å². The topological polar surface area (TPSA) is 57.0 Å². The van der Waals surface area contributed by atoms with Gasteiger partial charge in [-0.25, -0.2) is 9.78 Å². The Kier molecular flexibility index (Phi) is 3.28. The number of aromatic nitrogens is 3. The number of hydrogen-bond acceptors (Lipinski definition) is 4. The third kappa shape index (κ3) is 2.11. The number of nitrogens with zero attached hydrogens (tertiary/aromatic N) is 3. The van der Waals surface area contributed by atoms with E-state index in [-0.39, 0.29) is 18.0 Å². The van der Waals surface area contributed by atoms with E-state index in [4.69, 9.17) is 4.74 Å². The highest BCUT2D eigenvalue weighted by molar-refractivity contribution is 4.87. The van der Waals surface area contributed by atoms with Crippen molar-refractivity contribution >= 4 is 0 Å². The van der Waals surface area contributed by atoms with Crippen LogP contribution in [0.5, 0.6) is 0 Å². The quantitative estimate of drug-likeness (QED) is 0.782. The van der Waals surface area contributed by atoms with Crippen LogP contribution in [-0.4, -0.2) is 20.6 Å². The molecular weight excluding hydrogens is 218 g/mol. The maximum absolute atomic E-state index is 11.8. The van der Waals surface area contributed by atoms with Gasteiger partial charge in [0.05, 0.1) is 6.10 Å². The molecule has 1 aliphatic heterocycles. The van der Waals surface area contributed by atoms with Crippen molar-refractivity contribution in [1.29, 1.82) is 0 Å². The Balaban J connectivity index is 2.32. The molecule has 17 heavy (non-hydrogen) atoms. The Morgan fingerprint density at radius 3 is 2.65 bits per heavy atom. The average Bonchev–Trinajstić information content (AvgIpc) is 2.57. The minimum Gasteiger partial charge on any atom is -0.354 e. The third-order valence-electron chi connectivity index (χ3n) is 3.70. The van der Waals surface area contributed by atoms with E-state index in [0.29, 0.717) is 17.7 Å². The van der Waals surface area contributed by atoms with Crippen LogP contribution in [0.25, 0.3) is 0 Å². The molecule has 0 amide bonds. The van der Waals surface area contributed by atoms with Gasteiger partial charge in [-0.1, -0.05) is 20.8 Å². The number of aryl methyl sites for hydroxylation is 1. The first-order valence-electron chi connectivity index (χ1n) is 6.11. The molecule has 1 fully saturated rings. The molecule has 4 atom stereocenters. The van der Waals surface area contributed by atoms with Crippen molar-refractivity contribution in [1.82, 2.24) is 14.5 Å². The fraction of sp³-hybridized carbons (Fsp3) is 0.750. The van der Waals surface area contributed by atoms with Crippen molar-refractivity contribution in [3.05, 3.63) is 22.6 Å². The second-order valence-corrected chi connectivity index (χ2v) is 4.79. The van der Waals surface area contributed by atoms with Crippen molar-refractivity contribution in [2.75, 3.05) is 0 Å². The summed E-state index contributed by atoms with van der Waals surface area (Å²) in [6.45, 7) is 8.09. The smallest absolute Gasteiger partial charge is 0.352 e. The molecular formula is C12H19N3O2. The molecule has 0 aliphatic carbocycles. The number of ether oxygens (including phenoxy) is 1. The van der Waals surface area contributed by atoms with Gasteiger partial charge in [0.2, 0.25) is 0 Å². The zero-order valence-corrected chi connectivity index (χ0v) is 10.8. The highest BCUT2D eigenvalue weighted by Crippen LogP contribution is 2.38. The van der Waals surface area contributed by atoms with Crippen LogP contribution in [-0.2, 0) is 4.74 Å². The lowest BCUT2D eigenvalue weighted by Crippen LogP contribution is -2.30. The zero-order chi connectivity index (χ0) is 12.6. The average molecular weight is 237 g/mol. The Morgan fingerprint density at radius 1 is 1.41 bits per heavy atom. The highest BCUT2D eigenvalue weighted by atomic mass is 16.5. The molecule has 1 unspecified atom stereocenters. The fourth-order valence-electron chi connectivity index (χ4n) is 2.41. The van der Waals surface area contributed by atoms with E-state index in [9.17, 15) is 4.79 Å². The summed E-state index contributed by atoms with van der Waals surface area (Å²) in [4.78, 5) is 19.7. The van der Waals surface area contributed by atoms with Crippen molar-refractivity contribution in [2.24, 2.45) is 11.8 Å². The Labute approximate surface area is 101 Å². The molecule has 5 nitrogen and oxygen atoms in total. The summed E-state index contributed by atoms with van der Waals surface area (Å²) in [6.07, 6.45) is 2.48. The van der Waals surface area contributed by atoms with Gasteiger partial charge in [0.1, 0.15) is 18.4 Å². The second kappa shape index (κ2) is 4.56. The molecule has 0 N–H and O–H groups in total. The summed E-state index contributed by atoms with van der Waals surface area (Å²) in [5.74, 6) is 1.24. The molecule has 2 rings (SSSR count). The van der Waals surface area contributed by atoms with Crippen LogP contribution in [0.1, 0.15) is 39.2 Å². The molecule has 94 valence electrons. The number of hydrogen-bond donors (Lipinski definition) is 0. The van der Waals surface area contributed by atoms with E-state index >= 15 is 0 Å². The Morgan fingerprint density at radius 2 is 2.12 bits per heavy atom. The molecule has 1 aromatic heterocycles. The van der Waals surface area contributed by atoms with Gasteiger partial charge in [0.25, 0.3) is 0 Å². The van der Waals surface area contributed by atoms with Gasteiger partial charge in [0.15, 0.2) is 0 Å². The first-order valence-corrected chi connectivity index (χ1v) is 6.11. The lowest BCUT2D eigenvalue weighted by Gasteiger charge is -2.17. The summed E-state index contributed by atoms with van der Waals surface area (Å²) >= 11 is 0. The number of rotatable bonds is 2. The molecule has 0 radical (unpaired) electrons. The zero-order valence-electron chi connectivity index (χ0n) is 10.8. The van der Waals surface area contributed by atoms with Gasteiger partial charge in [-0.3, -0.25) is 4.57 Å². The predicted molar refractivity (Wildman–Crippen MR) is 63.6 cm³/mol. The van der Waals surface area contributed by atoms with Crippen LogP contribution in [0.2, 0.25) is 0 Å². The lowest BCUT2D eigenvalue weighted by molar-refractivity contribution is -0.0175. The first kappa shape index (κ1) is 12.2. The molecule has 2 heterocycles. The maximum Gasteiger partial charge on any atom is 0.352 e. The van der Waals surface area contributed by atoms with E-state index < -0.39 is 0 Å². The van der Waals surface area contributed by atoms with Gasteiger partial charge >= 0.3 is 5.69 Å².